The van der Waals surface area contributed by atoms with E-state index in [4.69, 9.17) is 9.47 Å². The van der Waals surface area contributed by atoms with E-state index in [9.17, 15) is 19.8 Å². The van der Waals surface area contributed by atoms with Crippen LogP contribution >= 0.6 is 0 Å². The van der Waals surface area contributed by atoms with Crippen molar-refractivity contribution in [3.63, 3.8) is 0 Å². The number of ketones is 1. The molecule has 0 saturated carbocycles. The Labute approximate surface area is 151 Å². The average molecular weight is 361 g/mol. The van der Waals surface area contributed by atoms with Gasteiger partial charge in [0.05, 0.1) is 0 Å². The van der Waals surface area contributed by atoms with Gasteiger partial charge in [0.1, 0.15) is 17.1 Å². The molecule has 1 aromatic carbocycles. The minimum atomic E-state index is -0.829. The van der Waals surface area contributed by atoms with Gasteiger partial charge in [0.15, 0.2) is 6.61 Å². The van der Waals surface area contributed by atoms with Crippen molar-refractivity contribution in [2.24, 2.45) is 0 Å². The largest absolute Gasteiger partial charge is 0.508 e. The summed E-state index contributed by atoms with van der Waals surface area (Å²) in [5.74, 6) is -1.72. The number of rotatable bonds is 8. The fraction of sp³-hybridized carbons (Fsp3) is 0.368. The van der Waals surface area contributed by atoms with E-state index < -0.39 is 18.3 Å². The van der Waals surface area contributed by atoms with Crippen LogP contribution in [0.15, 0.2) is 24.3 Å². The predicted molar refractivity (Wildman–Crippen MR) is 94.8 cm³/mol. The molecule has 0 unspecified atom stereocenters. The Hall–Kier alpha value is -2.80. The first-order valence-electron chi connectivity index (χ1n) is 8.23. The standard InChI is InChI=1S/C19H23NO6/c1-12-9-16(13(2)20(12)7-4-8-25-3)18(23)11-26-19(24)15-6-5-14(21)10-17(15)22/h5-6,9-10,21-22H,4,7-8,11H2,1-3H3. The van der Waals surface area contributed by atoms with E-state index in [-0.39, 0.29) is 17.1 Å². The number of phenols is 2. The summed E-state index contributed by atoms with van der Waals surface area (Å²) in [6.45, 7) is 4.70. The van der Waals surface area contributed by atoms with Gasteiger partial charge < -0.3 is 24.3 Å². The van der Waals surface area contributed by atoms with Gasteiger partial charge in [-0.3, -0.25) is 4.79 Å². The fourth-order valence-corrected chi connectivity index (χ4v) is 2.77. The van der Waals surface area contributed by atoms with E-state index in [2.05, 4.69) is 0 Å². The summed E-state index contributed by atoms with van der Waals surface area (Å²) < 4.78 is 12.1. The monoisotopic (exact) mass is 361 g/mol. The third kappa shape index (κ3) is 4.43. The molecule has 7 heteroatoms. The second-order valence-corrected chi connectivity index (χ2v) is 5.98. The Balaban J connectivity index is 2.03. The van der Waals surface area contributed by atoms with Crippen LogP contribution in [0.4, 0.5) is 0 Å². The van der Waals surface area contributed by atoms with Crippen LogP contribution < -0.4 is 0 Å². The molecular weight excluding hydrogens is 338 g/mol. The first-order valence-corrected chi connectivity index (χ1v) is 8.23. The van der Waals surface area contributed by atoms with Crippen LogP contribution in [0.2, 0.25) is 0 Å². The van der Waals surface area contributed by atoms with Crippen molar-refractivity contribution in [1.29, 1.82) is 0 Å². The number of nitrogens with zero attached hydrogens (tertiary/aromatic N) is 1. The van der Waals surface area contributed by atoms with E-state index in [0.717, 1.165) is 30.4 Å². The van der Waals surface area contributed by atoms with Gasteiger partial charge in [-0.2, -0.15) is 0 Å². The highest BCUT2D eigenvalue weighted by Gasteiger charge is 2.19. The number of carbonyl (C=O) groups excluding carboxylic acids is 2. The van der Waals surface area contributed by atoms with Crippen molar-refractivity contribution >= 4 is 11.8 Å². The molecule has 2 N–H and O–H groups in total. The molecule has 0 saturated heterocycles. The molecule has 140 valence electrons. The van der Waals surface area contributed by atoms with Crippen LogP contribution in [0.5, 0.6) is 11.5 Å². The molecule has 0 amide bonds. The molecule has 2 aromatic rings. The number of benzene rings is 1. The molecule has 0 atom stereocenters. The van der Waals surface area contributed by atoms with Gasteiger partial charge in [-0.1, -0.05) is 0 Å². The number of methoxy groups -OCH3 is 1. The molecule has 2 rings (SSSR count). The highest BCUT2D eigenvalue weighted by molar-refractivity contribution is 6.01. The van der Waals surface area contributed by atoms with Gasteiger partial charge in [-0.15, -0.1) is 0 Å². The van der Waals surface area contributed by atoms with E-state index in [1.165, 1.54) is 12.1 Å². The summed E-state index contributed by atoms with van der Waals surface area (Å²) in [7, 11) is 1.64. The second-order valence-electron chi connectivity index (χ2n) is 5.98. The molecule has 1 heterocycles. The lowest BCUT2D eigenvalue weighted by molar-refractivity contribution is 0.0471. The van der Waals surface area contributed by atoms with Gasteiger partial charge in [-0.05, 0) is 38.5 Å². The Morgan fingerprint density at radius 3 is 2.50 bits per heavy atom. The minimum absolute atomic E-state index is 0.111. The maximum atomic E-state index is 12.4. The molecule has 0 aliphatic rings. The van der Waals surface area contributed by atoms with E-state index in [1.54, 1.807) is 13.2 Å². The SMILES string of the molecule is COCCCn1c(C)cc(C(=O)COC(=O)c2ccc(O)cc2O)c1C. The Bertz CT molecular complexity index is 809. The van der Waals surface area contributed by atoms with Crippen molar-refractivity contribution in [2.45, 2.75) is 26.8 Å². The number of phenolic OH excluding ortho intramolecular Hbond substituents is 2. The van der Waals surface area contributed by atoms with Crippen LogP contribution in [-0.4, -0.2) is 46.9 Å². The van der Waals surface area contributed by atoms with E-state index in [1.807, 2.05) is 18.4 Å². The molecule has 0 aliphatic heterocycles. The molecule has 7 nitrogen and oxygen atoms in total. The Morgan fingerprint density at radius 1 is 1.12 bits per heavy atom. The summed E-state index contributed by atoms with van der Waals surface area (Å²) in [6.07, 6.45) is 0.829. The third-order valence-corrected chi connectivity index (χ3v) is 4.14. The van der Waals surface area contributed by atoms with Gasteiger partial charge in [0.25, 0.3) is 0 Å². The lowest BCUT2D eigenvalue weighted by Gasteiger charge is -2.09. The van der Waals surface area contributed by atoms with Gasteiger partial charge in [-0.25, -0.2) is 4.79 Å². The highest BCUT2D eigenvalue weighted by Crippen LogP contribution is 2.23. The van der Waals surface area contributed by atoms with E-state index >= 15 is 0 Å². The number of aromatic nitrogens is 1. The lowest BCUT2D eigenvalue weighted by atomic mass is 10.1. The highest BCUT2D eigenvalue weighted by atomic mass is 16.5. The summed E-state index contributed by atoms with van der Waals surface area (Å²) in [6, 6.07) is 5.30. The number of hydrogen-bond acceptors (Lipinski definition) is 6. The topological polar surface area (TPSA) is 98.0 Å². The summed E-state index contributed by atoms with van der Waals surface area (Å²) >= 11 is 0. The molecule has 0 aliphatic carbocycles. The number of ether oxygens (including phenoxy) is 2. The van der Waals surface area contributed by atoms with E-state index in [0.29, 0.717) is 12.2 Å². The van der Waals surface area contributed by atoms with Gasteiger partial charge in [0.2, 0.25) is 5.78 Å². The lowest BCUT2D eigenvalue weighted by Crippen LogP contribution is -2.15. The molecule has 26 heavy (non-hydrogen) atoms. The van der Waals surface area contributed by atoms with Crippen molar-refractivity contribution in [3.8, 4) is 11.5 Å². The first kappa shape index (κ1) is 19.5. The second kappa shape index (κ2) is 8.53. The zero-order chi connectivity index (χ0) is 19.3. The van der Waals surface area contributed by atoms with Crippen molar-refractivity contribution in [2.75, 3.05) is 20.3 Å². The van der Waals surface area contributed by atoms with Crippen molar-refractivity contribution in [1.82, 2.24) is 4.57 Å². The zero-order valence-electron chi connectivity index (χ0n) is 15.1. The van der Waals surface area contributed by atoms with Crippen LogP contribution in [0.1, 0.15) is 38.5 Å². The fourth-order valence-electron chi connectivity index (χ4n) is 2.77. The summed E-state index contributed by atoms with van der Waals surface area (Å²) in [5.41, 5.74) is 2.15. The number of hydrogen-bond donors (Lipinski definition) is 2. The van der Waals surface area contributed by atoms with Gasteiger partial charge >= 0.3 is 5.97 Å². The third-order valence-electron chi connectivity index (χ3n) is 4.14. The maximum absolute atomic E-state index is 12.4. The summed E-state index contributed by atoms with van der Waals surface area (Å²) in [5, 5.41) is 18.9. The summed E-state index contributed by atoms with van der Waals surface area (Å²) in [4.78, 5) is 24.4. The smallest absolute Gasteiger partial charge is 0.342 e. The van der Waals surface area contributed by atoms with Crippen LogP contribution in [0, 0.1) is 13.8 Å². The molecule has 0 fully saturated rings. The Morgan fingerprint density at radius 2 is 1.85 bits per heavy atom. The molecule has 0 bridgehead atoms. The average Bonchev–Trinajstić information content (AvgIpc) is 2.87. The quantitative estimate of drug-likeness (QED) is 0.426. The molecule has 0 spiro atoms. The van der Waals surface area contributed by atoms with Crippen LogP contribution in [0.3, 0.4) is 0 Å². The molecule has 1 aromatic heterocycles. The maximum Gasteiger partial charge on any atom is 0.342 e. The number of carbonyl (C=O) groups is 2. The van der Waals surface area contributed by atoms with Gasteiger partial charge in [0, 0.05) is 43.3 Å². The number of esters is 1. The molecular formula is C19H23NO6. The normalized spacial score (nSPS) is 10.7. The first-order chi connectivity index (χ1) is 12.3. The van der Waals surface area contributed by atoms with Crippen molar-refractivity contribution in [3.05, 3.63) is 46.8 Å². The minimum Gasteiger partial charge on any atom is -0.508 e. The number of aryl methyl sites for hydroxylation is 1. The number of aromatic hydroxyl groups is 2. The zero-order valence-corrected chi connectivity index (χ0v) is 15.1. The molecule has 0 radical (unpaired) electrons. The van der Waals surface area contributed by atoms with Crippen LogP contribution in [0.25, 0.3) is 0 Å². The Kier molecular flexibility index (Phi) is 6.41. The van der Waals surface area contributed by atoms with Crippen LogP contribution in [-0.2, 0) is 16.0 Å². The number of Topliss-reactive ketones (excluding diaryl/α,β-unsaturated/α-hetero) is 1. The van der Waals surface area contributed by atoms with Crippen molar-refractivity contribution < 1.29 is 29.3 Å². The predicted octanol–water partition coefficient (Wildman–Crippen LogP) is 2.59.